The van der Waals surface area contributed by atoms with E-state index < -0.39 is 28.5 Å². The Kier molecular flexibility index (Phi) is 10.6. The molecule has 2 unspecified atom stereocenters. The van der Waals surface area contributed by atoms with E-state index in [2.05, 4.69) is 21.2 Å². The highest BCUT2D eigenvalue weighted by molar-refractivity contribution is 9.10. The number of hydrogen-bond acceptors (Lipinski definition) is 4. The number of aryl methyl sites for hydroxylation is 3. The highest BCUT2D eigenvalue weighted by Gasteiger charge is 2.33. The number of benzene rings is 3. The van der Waals surface area contributed by atoms with Gasteiger partial charge in [-0.2, -0.15) is 0 Å². The van der Waals surface area contributed by atoms with Crippen LogP contribution in [0.25, 0.3) is 0 Å². The van der Waals surface area contributed by atoms with E-state index >= 15 is 0 Å². The summed E-state index contributed by atoms with van der Waals surface area (Å²) in [5, 5.41) is 2.95. The van der Waals surface area contributed by atoms with Crippen LogP contribution in [-0.2, 0) is 26.2 Å². The van der Waals surface area contributed by atoms with Gasteiger partial charge in [0.2, 0.25) is 11.8 Å². The van der Waals surface area contributed by atoms with Crippen LogP contribution >= 0.6 is 15.9 Å². The number of nitrogens with zero attached hydrogens (tertiary/aromatic N) is 2. The topological polar surface area (TPSA) is 86.8 Å². The van der Waals surface area contributed by atoms with Gasteiger partial charge in [-0.05, 0) is 94.1 Å². The molecule has 0 radical (unpaired) electrons. The summed E-state index contributed by atoms with van der Waals surface area (Å²) < 4.78 is 29.9. The van der Waals surface area contributed by atoms with Crippen molar-refractivity contribution in [1.29, 1.82) is 0 Å². The smallest absolute Gasteiger partial charge is 0.264 e. The summed E-state index contributed by atoms with van der Waals surface area (Å²) in [5.41, 5.74) is 4.04. The second-order valence-corrected chi connectivity index (χ2v) is 13.0. The third kappa shape index (κ3) is 7.73. The summed E-state index contributed by atoms with van der Waals surface area (Å²) in [4.78, 5) is 28.7. The molecule has 214 valence electrons. The van der Waals surface area contributed by atoms with E-state index in [1.165, 1.54) is 4.90 Å². The van der Waals surface area contributed by atoms with Gasteiger partial charge in [0.15, 0.2) is 0 Å². The van der Waals surface area contributed by atoms with Gasteiger partial charge in [-0.15, -0.1) is 0 Å². The van der Waals surface area contributed by atoms with E-state index in [-0.39, 0.29) is 23.4 Å². The average Bonchev–Trinajstić information content (AvgIpc) is 2.92. The maximum atomic E-state index is 14.0. The minimum atomic E-state index is -4.10. The molecule has 3 aromatic carbocycles. The Hall–Kier alpha value is -3.17. The summed E-state index contributed by atoms with van der Waals surface area (Å²) in [6, 6.07) is 18.5. The minimum absolute atomic E-state index is 0.0615. The lowest BCUT2D eigenvalue weighted by Gasteiger charge is -2.32. The number of amides is 2. The molecule has 2 atom stereocenters. The van der Waals surface area contributed by atoms with E-state index in [0.717, 1.165) is 37.5 Å². The molecule has 2 amide bonds. The van der Waals surface area contributed by atoms with Gasteiger partial charge >= 0.3 is 0 Å². The largest absolute Gasteiger partial charge is 0.352 e. The van der Waals surface area contributed by atoms with Crippen LogP contribution in [0.2, 0.25) is 0 Å². The first-order chi connectivity index (χ1) is 18.8. The van der Waals surface area contributed by atoms with Crippen molar-refractivity contribution in [3.63, 3.8) is 0 Å². The predicted octanol–water partition coefficient (Wildman–Crippen LogP) is 5.90. The molecule has 0 aliphatic rings. The number of carbonyl (C=O) groups excluding carboxylic acids is 2. The molecule has 0 bridgehead atoms. The van der Waals surface area contributed by atoms with Crippen LogP contribution < -0.4 is 9.62 Å². The number of halogens is 1. The van der Waals surface area contributed by atoms with E-state index in [9.17, 15) is 18.0 Å². The van der Waals surface area contributed by atoms with Crippen molar-refractivity contribution in [2.45, 2.75) is 71.5 Å². The van der Waals surface area contributed by atoms with Crippen LogP contribution in [0.3, 0.4) is 0 Å². The molecule has 0 fully saturated rings. The fourth-order valence-electron chi connectivity index (χ4n) is 4.08. The lowest BCUT2D eigenvalue weighted by molar-refractivity contribution is -0.139. The third-order valence-corrected chi connectivity index (χ3v) is 9.42. The fraction of sp³-hybridized carbons (Fsp3) is 0.355. The molecular formula is C31H38BrN3O4S. The fourth-order valence-corrected chi connectivity index (χ4v) is 5.75. The Labute approximate surface area is 246 Å². The zero-order valence-corrected chi connectivity index (χ0v) is 26.3. The standard InChI is InChI=1S/C31H38BrN3O4S/c1-7-24(5)33-31(37)25(6)34(19-26-11-13-27(32)14-12-26)30(36)20-35(28-15-10-22(3)23(4)18-28)40(38,39)29-16-8-21(2)9-17-29/h8-18,24-25H,7,19-20H2,1-6H3,(H,33,37). The Morgan fingerprint density at radius 1 is 0.900 bits per heavy atom. The molecule has 9 heteroatoms. The lowest BCUT2D eigenvalue weighted by Crippen LogP contribution is -2.52. The van der Waals surface area contributed by atoms with Gasteiger partial charge in [0.25, 0.3) is 10.0 Å². The molecule has 3 rings (SSSR count). The SMILES string of the molecule is CCC(C)NC(=O)C(C)N(Cc1ccc(Br)cc1)C(=O)CN(c1ccc(C)c(C)c1)S(=O)(=O)c1ccc(C)cc1. The second-order valence-electron chi connectivity index (χ2n) is 10.2. The second kappa shape index (κ2) is 13.5. The summed E-state index contributed by atoms with van der Waals surface area (Å²) in [6.07, 6.45) is 0.745. The molecule has 1 N–H and O–H groups in total. The first-order valence-corrected chi connectivity index (χ1v) is 15.6. The van der Waals surface area contributed by atoms with Gasteiger partial charge in [-0.3, -0.25) is 13.9 Å². The van der Waals surface area contributed by atoms with Crippen molar-refractivity contribution in [3.8, 4) is 0 Å². The molecule has 0 saturated carbocycles. The predicted molar refractivity (Wildman–Crippen MR) is 164 cm³/mol. The monoisotopic (exact) mass is 627 g/mol. The summed E-state index contributed by atoms with van der Waals surface area (Å²) in [7, 11) is -4.10. The van der Waals surface area contributed by atoms with Crippen molar-refractivity contribution >= 4 is 43.5 Å². The molecule has 0 aliphatic carbocycles. The molecule has 0 aliphatic heterocycles. The summed E-state index contributed by atoms with van der Waals surface area (Å²) in [6.45, 7) is 11.0. The Morgan fingerprint density at radius 2 is 1.52 bits per heavy atom. The van der Waals surface area contributed by atoms with Crippen LogP contribution in [0.15, 0.2) is 76.1 Å². The van der Waals surface area contributed by atoms with Crippen LogP contribution in [0.5, 0.6) is 0 Å². The molecule has 0 spiro atoms. The first-order valence-electron chi connectivity index (χ1n) is 13.3. The number of sulfonamides is 1. The normalized spacial score (nSPS) is 12.9. The highest BCUT2D eigenvalue weighted by Crippen LogP contribution is 2.27. The quantitative estimate of drug-likeness (QED) is 0.287. The van der Waals surface area contributed by atoms with Crippen molar-refractivity contribution in [2.24, 2.45) is 0 Å². The lowest BCUT2D eigenvalue weighted by atomic mass is 10.1. The Bertz CT molecular complexity index is 1440. The van der Waals surface area contributed by atoms with Gasteiger partial charge in [-0.25, -0.2) is 8.42 Å². The molecule has 0 saturated heterocycles. The molecule has 3 aromatic rings. The third-order valence-electron chi connectivity index (χ3n) is 7.10. The van der Waals surface area contributed by atoms with Crippen LogP contribution in [0.1, 0.15) is 49.4 Å². The van der Waals surface area contributed by atoms with Gasteiger partial charge in [0.1, 0.15) is 12.6 Å². The van der Waals surface area contributed by atoms with Gasteiger partial charge < -0.3 is 10.2 Å². The highest BCUT2D eigenvalue weighted by atomic mass is 79.9. The number of rotatable bonds is 11. The van der Waals surface area contributed by atoms with Crippen LogP contribution in [-0.4, -0.2) is 43.8 Å². The summed E-state index contributed by atoms with van der Waals surface area (Å²) >= 11 is 3.43. The van der Waals surface area contributed by atoms with Crippen molar-refractivity contribution in [2.75, 3.05) is 10.8 Å². The van der Waals surface area contributed by atoms with E-state index in [4.69, 9.17) is 0 Å². The number of nitrogens with one attached hydrogen (secondary N) is 1. The number of hydrogen-bond donors (Lipinski definition) is 1. The van der Waals surface area contributed by atoms with E-state index in [0.29, 0.717) is 5.69 Å². The Balaban J connectivity index is 2.04. The zero-order chi connectivity index (χ0) is 29.6. The molecular weight excluding hydrogens is 590 g/mol. The van der Waals surface area contributed by atoms with Crippen molar-refractivity contribution in [3.05, 3.63) is 93.5 Å². The number of carbonyl (C=O) groups is 2. The zero-order valence-electron chi connectivity index (χ0n) is 23.9. The number of anilines is 1. The Morgan fingerprint density at radius 3 is 2.10 bits per heavy atom. The van der Waals surface area contributed by atoms with Crippen LogP contribution in [0, 0.1) is 20.8 Å². The maximum absolute atomic E-state index is 14.0. The van der Waals surface area contributed by atoms with Crippen molar-refractivity contribution in [1.82, 2.24) is 10.2 Å². The van der Waals surface area contributed by atoms with Gasteiger partial charge in [0, 0.05) is 17.1 Å². The summed E-state index contributed by atoms with van der Waals surface area (Å²) in [5.74, 6) is -0.775. The molecule has 7 nitrogen and oxygen atoms in total. The van der Waals surface area contributed by atoms with E-state index in [1.807, 2.05) is 65.0 Å². The van der Waals surface area contributed by atoms with Gasteiger partial charge in [-0.1, -0.05) is 58.7 Å². The average molecular weight is 629 g/mol. The van der Waals surface area contributed by atoms with Crippen molar-refractivity contribution < 1.29 is 18.0 Å². The molecule has 0 aromatic heterocycles. The van der Waals surface area contributed by atoms with Crippen LogP contribution in [0.4, 0.5) is 5.69 Å². The molecule has 40 heavy (non-hydrogen) atoms. The minimum Gasteiger partial charge on any atom is -0.352 e. The van der Waals surface area contributed by atoms with E-state index in [1.54, 1.807) is 43.3 Å². The maximum Gasteiger partial charge on any atom is 0.264 e. The molecule has 0 heterocycles. The first kappa shape index (κ1) is 31.4. The van der Waals surface area contributed by atoms with Gasteiger partial charge in [0.05, 0.1) is 10.6 Å².